The number of pyridine rings is 1. The summed E-state index contributed by atoms with van der Waals surface area (Å²) < 4.78 is 5.99. The summed E-state index contributed by atoms with van der Waals surface area (Å²) in [5.74, 6) is 0.857. The lowest BCUT2D eigenvalue weighted by Crippen LogP contribution is -2.23. The lowest BCUT2D eigenvalue weighted by molar-refractivity contribution is 0.470. The Balaban J connectivity index is 2.09. The molecule has 3 rings (SSSR count). The average molecular weight is 301 g/mol. The molecule has 1 N–H and O–H groups in total. The molecule has 0 aliphatic rings. The Bertz CT molecular complexity index is 766. The third-order valence-corrected chi connectivity index (χ3v) is 3.75. The summed E-state index contributed by atoms with van der Waals surface area (Å²) in [5.41, 5.74) is 2.97. The fourth-order valence-corrected chi connectivity index (χ4v) is 2.69. The molecule has 1 aromatic carbocycles. The van der Waals surface area contributed by atoms with Crippen molar-refractivity contribution in [1.29, 1.82) is 0 Å². The van der Waals surface area contributed by atoms with E-state index >= 15 is 0 Å². The third-order valence-electron chi connectivity index (χ3n) is 3.51. The second-order valence-electron chi connectivity index (χ2n) is 5.03. The second-order valence-corrected chi connectivity index (χ2v) is 5.46. The number of hydrogen-bond donors (Lipinski definition) is 1. The van der Waals surface area contributed by atoms with Crippen molar-refractivity contribution in [3.05, 3.63) is 64.6 Å². The number of nitrogens with zero attached hydrogens (tertiary/aromatic N) is 1. The molecular formula is C17H17ClN2O. The smallest absolute Gasteiger partial charge is 0.134 e. The van der Waals surface area contributed by atoms with Crippen molar-refractivity contribution in [2.75, 3.05) is 6.54 Å². The molecule has 0 aliphatic heterocycles. The number of fused-ring (bicyclic) bond motifs is 1. The van der Waals surface area contributed by atoms with Crippen LogP contribution in [0.15, 0.2) is 47.0 Å². The Morgan fingerprint density at radius 1 is 1.29 bits per heavy atom. The van der Waals surface area contributed by atoms with Gasteiger partial charge in [0, 0.05) is 16.6 Å². The van der Waals surface area contributed by atoms with Crippen LogP contribution in [-0.2, 0) is 0 Å². The maximum Gasteiger partial charge on any atom is 0.134 e. The topological polar surface area (TPSA) is 38.1 Å². The molecule has 2 heterocycles. The Morgan fingerprint density at radius 2 is 2.14 bits per heavy atom. The largest absolute Gasteiger partial charge is 0.459 e. The molecule has 0 saturated heterocycles. The number of hydrogen-bond acceptors (Lipinski definition) is 3. The van der Waals surface area contributed by atoms with Gasteiger partial charge in [0.1, 0.15) is 17.4 Å². The van der Waals surface area contributed by atoms with Crippen molar-refractivity contribution in [3.63, 3.8) is 0 Å². The molecular weight excluding hydrogens is 284 g/mol. The van der Waals surface area contributed by atoms with Gasteiger partial charge in [-0.15, -0.1) is 0 Å². The van der Waals surface area contributed by atoms with Gasteiger partial charge >= 0.3 is 0 Å². The van der Waals surface area contributed by atoms with Gasteiger partial charge in [-0.2, -0.15) is 0 Å². The van der Waals surface area contributed by atoms with Gasteiger partial charge in [0.25, 0.3) is 0 Å². The normalized spacial score (nSPS) is 12.7. The van der Waals surface area contributed by atoms with Crippen molar-refractivity contribution in [3.8, 4) is 0 Å². The molecule has 1 unspecified atom stereocenters. The minimum Gasteiger partial charge on any atom is -0.459 e. The van der Waals surface area contributed by atoms with Gasteiger partial charge in [0.15, 0.2) is 0 Å². The van der Waals surface area contributed by atoms with E-state index in [9.17, 15) is 0 Å². The van der Waals surface area contributed by atoms with Crippen LogP contribution in [0.3, 0.4) is 0 Å². The van der Waals surface area contributed by atoms with Gasteiger partial charge in [-0.05, 0) is 49.4 Å². The number of aromatic nitrogens is 1. The lowest BCUT2D eigenvalue weighted by atomic mass is 10.1. The number of furan rings is 1. The summed E-state index contributed by atoms with van der Waals surface area (Å²) in [7, 11) is 0. The zero-order chi connectivity index (χ0) is 14.8. The van der Waals surface area contributed by atoms with Crippen LogP contribution in [0, 0.1) is 6.92 Å². The fourth-order valence-electron chi connectivity index (χ4n) is 2.51. The molecule has 3 aromatic rings. The quantitative estimate of drug-likeness (QED) is 0.771. The van der Waals surface area contributed by atoms with E-state index in [0.29, 0.717) is 5.02 Å². The van der Waals surface area contributed by atoms with Crippen molar-refractivity contribution < 1.29 is 4.42 Å². The van der Waals surface area contributed by atoms with E-state index in [1.807, 2.05) is 36.5 Å². The molecule has 21 heavy (non-hydrogen) atoms. The van der Waals surface area contributed by atoms with Crippen LogP contribution in [0.4, 0.5) is 0 Å². The van der Waals surface area contributed by atoms with Gasteiger partial charge in [0.2, 0.25) is 0 Å². The molecule has 4 heteroatoms. The molecule has 108 valence electrons. The summed E-state index contributed by atoms with van der Waals surface area (Å²) in [6.45, 7) is 4.97. The molecule has 0 radical (unpaired) electrons. The molecule has 0 bridgehead atoms. The van der Waals surface area contributed by atoms with Crippen LogP contribution in [0.2, 0.25) is 5.02 Å². The lowest BCUT2D eigenvalue weighted by Gasteiger charge is -2.16. The Labute approximate surface area is 128 Å². The van der Waals surface area contributed by atoms with E-state index in [2.05, 4.69) is 30.2 Å². The van der Waals surface area contributed by atoms with Gasteiger partial charge < -0.3 is 9.73 Å². The van der Waals surface area contributed by atoms with E-state index in [-0.39, 0.29) is 6.04 Å². The summed E-state index contributed by atoms with van der Waals surface area (Å²) in [4.78, 5) is 4.51. The first kappa shape index (κ1) is 14.1. The van der Waals surface area contributed by atoms with Crippen LogP contribution in [-0.4, -0.2) is 11.5 Å². The van der Waals surface area contributed by atoms with Gasteiger partial charge in [-0.25, -0.2) is 0 Å². The van der Waals surface area contributed by atoms with Gasteiger partial charge in [-0.3, -0.25) is 4.98 Å². The molecule has 3 nitrogen and oxygen atoms in total. The summed E-state index contributed by atoms with van der Waals surface area (Å²) in [6, 6.07) is 11.6. The number of halogens is 1. The molecule has 0 spiro atoms. The minimum absolute atomic E-state index is 0.0534. The first-order valence-corrected chi connectivity index (χ1v) is 7.40. The van der Waals surface area contributed by atoms with Crippen molar-refractivity contribution in [2.45, 2.75) is 19.9 Å². The first-order valence-electron chi connectivity index (χ1n) is 7.03. The average Bonchev–Trinajstić information content (AvgIpc) is 2.88. The van der Waals surface area contributed by atoms with Gasteiger partial charge in [-0.1, -0.05) is 24.6 Å². The highest BCUT2D eigenvalue weighted by Gasteiger charge is 2.20. The number of rotatable bonds is 4. The zero-order valence-corrected chi connectivity index (χ0v) is 12.8. The molecule has 0 aliphatic carbocycles. The third kappa shape index (κ3) is 2.80. The fraction of sp³-hybridized carbons (Fsp3) is 0.235. The van der Waals surface area contributed by atoms with Crippen LogP contribution >= 0.6 is 11.6 Å². The van der Waals surface area contributed by atoms with Crippen molar-refractivity contribution in [2.24, 2.45) is 0 Å². The second kappa shape index (κ2) is 5.88. The number of nitrogens with one attached hydrogen (secondary N) is 1. The standard InChI is InChI=1S/C17H17ClN2O/c1-3-19-17(16-11(2)5-4-8-20-16)15-10-12-9-13(18)6-7-14(12)21-15/h4-10,17,19H,3H2,1-2H3. The first-order chi connectivity index (χ1) is 10.2. The van der Waals surface area contributed by atoms with Crippen molar-refractivity contribution >= 4 is 22.6 Å². The van der Waals surface area contributed by atoms with Crippen LogP contribution < -0.4 is 5.32 Å². The zero-order valence-electron chi connectivity index (χ0n) is 12.1. The predicted octanol–water partition coefficient (Wildman–Crippen LogP) is 4.49. The maximum absolute atomic E-state index is 6.04. The summed E-state index contributed by atoms with van der Waals surface area (Å²) in [5, 5.41) is 5.16. The Morgan fingerprint density at radius 3 is 2.90 bits per heavy atom. The van der Waals surface area contributed by atoms with Gasteiger partial charge in [0.05, 0.1) is 5.69 Å². The molecule has 2 aromatic heterocycles. The number of aryl methyl sites for hydroxylation is 1. The van der Waals surface area contributed by atoms with E-state index in [1.54, 1.807) is 0 Å². The monoisotopic (exact) mass is 300 g/mol. The highest BCUT2D eigenvalue weighted by molar-refractivity contribution is 6.31. The molecule has 0 saturated carbocycles. The SMILES string of the molecule is CCNC(c1cc2cc(Cl)ccc2o1)c1ncccc1C. The summed E-state index contributed by atoms with van der Waals surface area (Å²) >= 11 is 6.04. The van der Waals surface area contributed by atoms with E-state index in [1.165, 1.54) is 0 Å². The van der Waals surface area contributed by atoms with Crippen LogP contribution in [0.25, 0.3) is 11.0 Å². The Kier molecular flexibility index (Phi) is 3.95. The number of benzene rings is 1. The van der Waals surface area contributed by atoms with E-state index in [0.717, 1.165) is 34.5 Å². The minimum atomic E-state index is -0.0534. The summed E-state index contributed by atoms with van der Waals surface area (Å²) in [6.07, 6.45) is 1.81. The molecule has 1 atom stereocenters. The van der Waals surface area contributed by atoms with Crippen molar-refractivity contribution in [1.82, 2.24) is 10.3 Å². The predicted molar refractivity (Wildman–Crippen MR) is 85.7 cm³/mol. The highest BCUT2D eigenvalue weighted by atomic mass is 35.5. The van der Waals surface area contributed by atoms with Crippen LogP contribution in [0.5, 0.6) is 0 Å². The molecule has 0 amide bonds. The maximum atomic E-state index is 6.04. The Hall–Kier alpha value is -1.84. The molecule has 0 fully saturated rings. The van der Waals surface area contributed by atoms with Crippen LogP contribution in [0.1, 0.15) is 30.0 Å². The van der Waals surface area contributed by atoms with E-state index < -0.39 is 0 Å². The van der Waals surface area contributed by atoms with E-state index in [4.69, 9.17) is 16.0 Å². The highest BCUT2D eigenvalue weighted by Crippen LogP contribution is 2.30.